The van der Waals surface area contributed by atoms with Crippen molar-refractivity contribution in [1.82, 2.24) is 5.32 Å². The first-order valence-corrected chi connectivity index (χ1v) is 6.10. The van der Waals surface area contributed by atoms with Crippen LogP contribution in [0.5, 0.6) is 5.75 Å². The first-order valence-electron chi connectivity index (χ1n) is 6.10. The van der Waals surface area contributed by atoms with Crippen molar-refractivity contribution in [3.63, 3.8) is 0 Å². The Morgan fingerprint density at radius 3 is 2.79 bits per heavy atom. The van der Waals surface area contributed by atoms with E-state index in [9.17, 15) is 9.18 Å². The zero-order valence-corrected chi connectivity index (χ0v) is 11.5. The van der Waals surface area contributed by atoms with Gasteiger partial charge in [-0.3, -0.25) is 4.79 Å². The zero-order chi connectivity index (χ0) is 14.4. The average Bonchev–Trinajstić information content (AvgIpc) is 2.36. The molecule has 0 spiro atoms. The second-order valence-corrected chi connectivity index (χ2v) is 4.25. The summed E-state index contributed by atoms with van der Waals surface area (Å²) in [6, 6.07) is 2.67. The number of carbonyl (C=O) groups excluding carboxylic acids is 1. The number of ether oxygens (including phenoxy) is 1. The molecule has 0 aromatic heterocycles. The van der Waals surface area contributed by atoms with Crippen LogP contribution < -0.4 is 20.7 Å². The van der Waals surface area contributed by atoms with Crippen LogP contribution in [0.1, 0.15) is 13.3 Å². The van der Waals surface area contributed by atoms with E-state index in [1.165, 1.54) is 19.2 Å². The maximum atomic E-state index is 13.4. The van der Waals surface area contributed by atoms with E-state index < -0.39 is 5.82 Å². The van der Waals surface area contributed by atoms with Gasteiger partial charge >= 0.3 is 0 Å². The molecule has 5 nitrogen and oxygen atoms in total. The second-order valence-electron chi connectivity index (χ2n) is 4.25. The predicted molar refractivity (Wildman–Crippen MR) is 73.9 cm³/mol. The van der Waals surface area contributed by atoms with Crippen molar-refractivity contribution in [3.8, 4) is 5.75 Å². The number of hydrogen-bond donors (Lipinski definition) is 2. The molecule has 0 aliphatic rings. The third kappa shape index (κ3) is 4.01. The van der Waals surface area contributed by atoms with Gasteiger partial charge in [0, 0.05) is 25.7 Å². The first kappa shape index (κ1) is 15.1. The Balaban J connectivity index is 2.81. The number of nitrogens with two attached hydrogens (primary N) is 1. The lowest BCUT2D eigenvalue weighted by atomic mass is 10.2. The molecule has 1 amide bonds. The van der Waals surface area contributed by atoms with Crippen molar-refractivity contribution < 1.29 is 13.9 Å². The molecule has 19 heavy (non-hydrogen) atoms. The topological polar surface area (TPSA) is 67.6 Å². The van der Waals surface area contributed by atoms with Crippen LogP contribution in [-0.4, -0.2) is 33.2 Å². The molecular formula is C13H20FN3O2. The van der Waals surface area contributed by atoms with Gasteiger partial charge < -0.3 is 20.7 Å². The van der Waals surface area contributed by atoms with Gasteiger partial charge in [0.05, 0.1) is 25.0 Å². The molecule has 106 valence electrons. The summed E-state index contributed by atoms with van der Waals surface area (Å²) in [5, 5.41) is 2.77. The molecule has 1 aromatic rings. The van der Waals surface area contributed by atoms with E-state index in [1.54, 1.807) is 11.9 Å². The van der Waals surface area contributed by atoms with Crippen LogP contribution >= 0.6 is 0 Å². The molecule has 0 heterocycles. The smallest absolute Gasteiger partial charge is 0.239 e. The molecule has 0 fully saturated rings. The third-order valence-corrected chi connectivity index (χ3v) is 2.67. The number of nitrogen functional groups attached to an aromatic ring is 1. The Hall–Kier alpha value is -1.98. The van der Waals surface area contributed by atoms with E-state index >= 15 is 0 Å². The Labute approximate surface area is 112 Å². The molecule has 0 unspecified atom stereocenters. The molecule has 6 heteroatoms. The number of anilines is 2. The van der Waals surface area contributed by atoms with Crippen LogP contribution in [0.2, 0.25) is 0 Å². The van der Waals surface area contributed by atoms with Crippen LogP contribution in [0.4, 0.5) is 15.8 Å². The number of likely N-dealkylation sites (N-methyl/N-ethyl adjacent to an activating group) is 1. The largest absolute Gasteiger partial charge is 0.494 e. The van der Waals surface area contributed by atoms with E-state index in [0.29, 0.717) is 12.2 Å². The van der Waals surface area contributed by atoms with Gasteiger partial charge in [-0.1, -0.05) is 6.92 Å². The minimum absolute atomic E-state index is 0.102. The Kier molecular flexibility index (Phi) is 5.41. The van der Waals surface area contributed by atoms with E-state index in [2.05, 4.69) is 5.32 Å². The fourth-order valence-corrected chi connectivity index (χ4v) is 1.67. The van der Waals surface area contributed by atoms with Gasteiger partial charge in [0.2, 0.25) is 5.91 Å². The number of nitrogens with zero attached hydrogens (tertiary/aromatic N) is 1. The summed E-state index contributed by atoms with van der Waals surface area (Å²) in [4.78, 5) is 13.3. The minimum atomic E-state index is -0.521. The SMILES string of the molecule is CCCNC(=O)CN(C)c1cc(OC)c(F)cc1N. The quantitative estimate of drug-likeness (QED) is 0.766. The lowest BCUT2D eigenvalue weighted by Gasteiger charge is -2.21. The summed E-state index contributed by atoms with van der Waals surface area (Å²) in [5.41, 5.74) is 6.58. The molecule has 0 bridgehead atoms. The van der Waals surface area contributed by atoms with E-state index in [0.717, 1.165) is 6.42 Å². The number of rotatable bonds is 6. The standard InChI is InChI=1S/C13H20FN3O2/c1-4-5-16-13(18)8-17(2)11-7-12(19-3)9(14)6-10(11)15/h6-7H,4-5,8,15H2,1-3H3,(H,16,18). The molecule has 0 radical (unpaired) electrons. The van der Waals surface area contributed by atoms with Gasteiger partial charge in [0.1, 0.15) is 0 Å². The van der Waals surface area contributed by atoms with Crippen molar-refractivity contribution in [3.05, 3.63) is 17.9 Å². The van der Waals surface area contributed by atoms with Gasteiger partial charge in [-0.2, -0.15) is 0 Å². The van der Waals surface area contributed by atoms with Crippen LogP contribution in [0, 0.1) is 5.82 Å². The molecule has 0 saturated heterocycles. The fourth-order valence-electron chi connectivity index (χ4n) is 1.67. The van der Waals surface area contributed by atoms with E-state index in [4.69, 9.17) is 10.5 Å². The maximum absolute atomic E-state index is 13.4. The van der Waals surface area contributed by atoms with Gasteiger partial charge in [0.15, 0.2) is 11.6 Å². The van der Waals surface area contributed by atoms with Crippen LogP contribution in [-0.2, 0) is 4.79 Å². The zero-order valence-electron chi connectivity index (χ0n) is 11.5. The molecular weight excluding hydrogens is 249 g/mol. The number of halogens is 1. The highest BCUT2D eigenvalue weighted by Crippen LogP contribution is 2.30. The van der Waals surface area contributed by atoms with Crippen molar-refractivity contribution in [2.24, 2.45) is 0 Å². The molecule has 0 atom stereocenters. The lowest BCUT2D eigenvalue weighted by molar-refractivity contribution is -0.119. The highest BCUT2D eigenvalue weighted by atomic mass is 19.1. The average molecular weight is 269 g/mol. The summed E-state index contributed by atoms with van der Waals surface area (Å²) in [6.07, 6.45) is 0.877. The Morgan fingerprint density at radius 2 is 2.21 bits per heavy atom. The van der Waals surface area contributed by atoms with Crippen LogP contribution in [0.15, 0.2) is 12.1 Å². The van der Waals surface area contributed by atoms with Crippen LogP contribution in [0.25, 0.3) is 0 Å². The molecule has 0 aliphatic carbocycles. The normalized spacial score (nSPS) is 10.1. The molecule has 3 N–H and O–H groups in total. The fraction of sp³-hybridized carbons (Fsp3) is 0.462. The number of carbonyl (C=O) groups is 1. The van der Waals surface area contributed by atoms with Crippen molar-refractivity contribution in [2.45, 2.75) is 13.3 Å². The third-order valence-electron chi connectivity index (χ3n) is 2.67. The van der Waals surface area contributed by atoms with Crippen molar-refractivity contribution >= 4 is 17.3 Å². The van der Waals surface area contributed by atoms with E-state index in [-0.39, 0.29) is 23.9 Å². The first-order chi connectivity index (χ1) is 8.99. The van der Waals surface area contributed by atoms with Crippen LogP contribution in [0.3, 0.4) is 0 Å². The van der Waals surface area contributed by atoms with Gasteiger partial charge in [-0.15, -0.1) is 0 Å². The number of hydrogen-bond acceptors (Lipinski definition) is 4. The summed E-state index contributed by atoms with van der Waals surface area (Å²) >= 11 is 0. The number of benzene rings is 1. The number of amides is 1. The number of nitrogens with one attached hydrogen (secondary N) is 1. The summed E-state index contributed by atoms with van der Waals surface area (Å²) in [7, 11) is 3.10. The molecule has 1 rings (SSSR count). The molecule has 0 aliphatic heterocycles. The van der Waals surface area contributed by atoms with E-state index in [1.807, 2.05) is 6.92 Å². The predicted octanol–water partition coefficient (Wildman–Crippen LogP) is 1.38. The summed E-state index contributed by atoms with van der Waals surface area (Å²) < 4.78 is 18.3. The number of methoxy groups -OCH3 is 1. The van der Waals surface area contributed by atoms with Crippen molar-refractivity contribution in [2.75, 3.05) is 37.9 Å². The van der Waals surface area contributed by atoms with Crippen molar-refractivity contribution in [1.29, 1.82) is 0 Å². The van der Waals surface area contributed by atoms with Gasteiger partial charge in [-0.25, -0.2) is 4.39 Å². The summed E-state index contributed by atoms with van der Waals surface area (Å²) in [5.74, 6) is -0.523. The highest BCUT2D eigenvalue weighted by Gasteiger charge is 2.13. The van der Waals surface area contributed by atoms with Gasteiger partial charge in [0.25, 0.3) is 0 Å². The Morgan fingerprint density at radius 1 is 1.53 bits per heavy atom. The monoisotopic (exact) mass is 269 g/mol. The molecule has 0 saturated carbocycles. The highest BCUT2D eigenvalue weighted by molar-refractivity contribution is 5.83. The van der Waals surface area contributed by atoms with Gasteiger partial charge in [-0.05, 0) is 6.42 Å². The Bertz CT molecular complexity index is 452. The maximum Gasteiger partial charge on any atom is 0.239 e. The minimum Gasteiger partial charge on any atom is -0.494 e. The molecule has 1 aromatic carbocycles. The summed E-state index contributed by atoms with van der Waals surface area (Å²) in [6.45, 7) is 2.76. The lowest BCUT2D eigenvalue weighted by Crippen LogP contribution is -2.35. The second kappa shape index (κ2) is 6.82.